The summed E-state index contributed by atoms with van der Waals surface area (Å²) in [5.74, 6) is 0.466. The van der Waals surface area contributed by atoms with Crippen LogP contribution in [0.15, 0.2) is 42.6 Å². The third kappa shape index (κ3) is 4.41. The number of nitrogens with two attached hydrogens (primary N) is 1. The molecule has 0 amide bonds. The Morgan fingerprint density at radius 1 is 1.12 bits per heavy atom. The van der Waals surface area contributed by atoms with Crippen LogP contribution in [0.25, 0.3) is 22.0 Å². The Bertz CT molecular complexity index is 1130. The molecule has 4 N–H and O–H groups in total. The van der Waals surface area contributed by atoms with Gasteiger partial charge in [-0.1, -0.05) is 26.0 Å². The Kier molecular flexibility index (Phi) is 6.33. The molecular formula is C26H31N3O3. The third-order valence-electron chi connectivity index (χ3n) is 6.29. The molecule has 1 fully saturated rings. The van der Waals surface area contributed by atoms with Gasteiger partial charge in [0.1, 0.15) is 0 Å². The van der Waals surface area contributed by atoms with E-state index in [1.54, 1.807) is 12.3 Å². The monoisotopic (exact) mass is 433 g/mol. The van der Waals surface area contributed by atoms with Crippen LogP contribution in [0.4, 0.5) is 5.69 Å². The van der Waals surface area contributed by atoms with Crippen LogP contribution in [0.2, 0.25) is 0 Å². The molecular weight excluding hydrogens is 402 g/mol. The molecule has 1 aliphatic carbocycles. The van der Waals surface area contributed by atoms with Crippen molar-refractivity contribution in [3.63, 3.8) is 0 Å². The minimum atomic E-state index is -0.126. The summed E-state index contributed by atoms with van der Waals surface area (Å²) in [4.78, 5) is 17.6. The van der Waals surface area contributed by atoms with E-state index < -0.39 is 0 Å². The molecule has 6 heteroatoms. The van der Waals surface area contributed by atoms with Crippen molar-refractivity contribution in [2.24, 2.45) is 11.7 Å². The largest absolute Gasteiger partial charge is 0.504 e. The Morgan fingerprint density at radius 3 is 2.50 bits per heavy atom. The summed E-state index contributed by atoms with van der Waals surface area (Å²) in [5, 5.41) is 14.5. The number of Topliss-reactive ketones (excluding diaryl/α,β-unsaturated/α-hetero) is 1. The first-order valence-electron chi connectivity index (χ1n) is 11.2. The van der Waals surface area contributed by atoms with Gasteiger partial charge in [0.2, 0.25) is 0 Å². The molecule has 0 radical (unpaired) electrons. The Morgan fingerprint density at radius 2 is 1.81 bits per heavy atom. The molecule has 2 aromatic carbocycles. The molecule has 168 valence electrons. The van der Waals surface area contributed by atoms with Crippen molar-refractivity contribution in [3.8, 4) is 22.6 Å². The van der Waals surface area contributed by atoms with Gasteiger partial charge in [0, 0.05) is 29.6 Å². The van der Waals surface area contributed by atoms with Gasteiger partial charge >= 0.3 is 0 Å². The van der Waals surface area contributed by atoms with Gasteiger partial charge in [-0.05, 0) is 61.1 Å². The molecule has 0 unspecified atom stereocenters. The maximum absolute atomic E-state index is 13.0. The molecule has 32 heavy (non-hydrogen) atoms. The lowest BCUT2D eigenvalue weighted by molar-refractivity contribution is 0.0940. The van der Waals surface area contributed by atoms with Gasteiger partial charge in [-0.15, -0.1) is 0 Å². The predicted octanol–water partition coefficient (Wildman–Crippen LogP) is 5.14. The summed E-state index contributed by atoms with van der Waals surface area (Å²) >= 11 is 0. The number of anilines is 1. The van der Waals surface area contributed by atoms with Crippen molar-refractivity contribution in [1.82, 2.24) is 4.98 Å². The average molecular weight is 434 g/mol. The molecule has 4 rings (SSSR count). The molecule has 1 aliphatic rings. The summed E-state index contributed by atoms with van der Waals surface area (Å²) in [6.45, 7) is 3.82. The number of phenols is 1. The van der Waals surface area contributed by atoms with Gasteiger partial charge in [-0.3, -0.25) is 9.78 Å². The number of rotatable bonds is 6. The van der Waals surface area contributed by atoms with E-state index in [-0.39, 0.29) is 29.5 Å². The summed E-state index contributed by atoms with van der Waals surface area (Å²) in [5.41, 5.74) is 10.3. The highest BCUT2D eigenvalue weighted by Gasteiger charge is 2.23. The van der Waals surface area contributed by atoms with Crippen LogP contribution in [0.5, 0.6) is 11.5 Å². The van der Waals surface area contributed by atoms with E-state index in [1.165, 1.54) is 7.11 Å². The summed E-state index contributed by atoms with van der Waals surface area (Å²) < 4.78 is 5.27. The molecule has 3 aromatic rings. The molecule has 0 saturated heterocycles. The second-order valence-corrected chi connectivity index (χ2v) is 8.94. The fraction of sp³-hybridized carbons (Fsp3) is 0.385. The Labute approximate surface area is 188 Å². The summed E-state index contributed by atoms with van der Waals surface area (Å²) in [7, 11) is 1.53. The minimum Gasteiger partial charge on any atom is -0.504 e. The number of ketones is 1. The van der Waals surface area contributed by atoms with Crippen LogP contribution in [0.1, 0.15) is 49.9 Å². The van der Waals surface area contributed by atoms with E-state index in [4.69, 9.17) is 10.5 Å². The van der Waals surface area contributed by atoms with Crippen molar-refractivity contribution in [1.29, 1.82) is 0 Å². The topological polar surface area (TPSA) is 97.5 Å². The number of benzene rings is 2. The highest BCUT2D eigenvalue weighted by molar-refractivity contribution is 6.09. The number of fused-ring (bicyclic) bond motifs is 1. The fourth-order valence-corrected chi connectivity index (χ4v) is 4.35. The first-order valence-corrected chi connectivity index (χ1v) is 11.2. The number of carbonyl (C=O) groups excluding carboxylic acids is 1. The molecule has 0 bridgehead atoms. The van der Waals surface area contributed by atoms with Gasteiger partial charge in [0.15, 0.2) is 17.3 Å². The standard InChI is InChI=1S/C26H31N3O3/c1-15(2)26(31)21-14-28-22-10-4-16(17-5-11-23(30)24(13-17)32-3)12-20(22)25(21)29-19-8-6-18(27)7-9-19/h4-5,10-15,18-19,30H,6-9,27H2,1-3H3,(H,28,29). The van der Waals surface area contributed by atoms with Crippen LogP contribution in [0.3, 0.4) is 0 Å². The lowest BCUT2D eigenvalue weighted by atomic mass is 9.90. The van der Waals surface area contributed by atoms with Crippen LogP contribution in [-0.4, -0.2) is 35.1 Å². The van der Waals surface area contributed by atoms with E-state index in [0.717, 1.165) is 53.4 Å². The maximum Gasteiger partial charge on any atom is 0.169 e. The second-order valence-electron chi connectivity index (χ2n) is 8.94. The number of phenolic OH excluding ortho intramolecular Hbond substituents is 1. The SMILES string of the molecule is COc1cc(-c2ccc3ncc(C(=O)C(C)C)c(NC4CCC(N)CC4)c3c2)ccc1O. The van der Waals surface area contributed by atoms with Crippen molar-refractivity contribution in [2.75, 3.05) is 12.4 Å². The second kappa shape index (κ2) is 9.17. The van der Waals surface area contributed by atoms with E-state index >= 15 is 0 Å². The number of nitrogens with one attached hydrogen (secondary N) is 1. The Hall–Kier alpha value is -3.12. The molecule has 0 aliphatic heterocycles. The summed E-state index contributed by atoms with van der Waals surface area (Å²) in [6.07, 6.45) is 5.62. The van der Waals surface area contributed by atoms with Gasteiger partial charge in [0.25, 0.3) is 0 Å². The minimum absolute atomic E-state index is 0.0751. The number of pyridine rings is 1. The number of carbonyl (C=O) groups is 1. The molecule has 0 spiro atoms. The highest BCUT2D eigenvalue weighted by Crippen LogP contribution is 2.36. The quantitative estimate of drug-likeness (QED) is 0.466. The van der Waals surface area contributed by atoms with Crippen LogP contribution in [0, 0.1) is 5.92 Å². The number of methoxy groups -OCH3 is 1. The molecule has 6 nitrogen and oxygen atoms in total. The van der Waals surface area contributed by atoms with E-state index in [1.807, 2.05) is 38.1 Å². The van der Waals surface area contributed by atoms with E-state index in [0.29, 0.717) is 11.3 Å². The summed E-state index contributed by atoms with van der Waals surface area (Å²) in [6, 6.07) is 11.8. The highest BCUT2D eigenvalue weighted by atomic mass is 16.5. The van der Waals surface area contributed by atoms with Crippen molar-refractivity contribution in [3.05, 3.63) is 48.2 Å². The number of aromatic hydroxyl groups is 1. The predicted molar refractivity (Wildman–Crippen MR) is 128 cm³/mol. The Balaban J connectivity index is 1.83. The first-order chi connectivity index (χ1) is 15.4. The van der Waals surface area contributed by atoms with Crippen LogP contribution in [-0.2, 0) is 0 Å². The van der Waals surface area contributed by atoms with Crippen molar-refractivity contribution >= 4 is 22.4 Å². The molecule has 0 atom stereocenters. The third-order valence-corrected chi connectivity index (χ3v) is 6.29. The van der Waals surface area contributed by atoms with Gasteiger partial charge < -0.3 is 20.9 Å². The van der Waals surface area contributed by atoms with Crippen molar-refractivity contribution in [2.45, 2.75) is 51.6 Å². The van der Waals surface area contributed by atoms with Crippen LogP contribution < -0.4 is 15.8 Å². The number of aromatic nitrogens is 1. The normalized spacial score (nSPS) is 18.7. The fourth-order valence-electron chi connectivity index (χ4n) is 4.35. The average Bonchev–Trinajstić information content (AvgIpc) is 2.80. The van der Waals surface area contributed by atoms with Gasteiger partial charge in [-0.2, -0.15) is 0 Å². The maximum atomic E-state index is 13.0. The first kappa shape index (κ1) is 22.1. The zero-order valence-electron chi connectivity index (χ0n) is 18.9. The number of hydrogen-bond donors (Lipinski definition) is 3. The van der Waals surface area contributed by atoms with Gasteiger partial charge in [-0.25, -0.2) is 0 Å². The van der Waals surface area contributed by atoms with Crippen molar-refractivity contribution < 1.29 is 14.6 Å². The zero-order valence-corrected chi connectivity index (χ0v) is 18.9. The number of ether oxygens (including phenoxy) is 1. The molecule has 1 aromatic heterocycles. The zero-order chi connectivity index (χ0) is 22.8. The van der Waals surface area contributed by atoms with E-state index in [9.17, 15) is 9.90 Å². The lowest BCUT2D eigenvalue weighted by Gasteiger charge is -2.29. The molecule has 1 heterocycles. The van der Waals surface area contributed by atoms with Crippen LogP contribution >= 0.6 is 0 Å². The lowest BCUT2D eigenvalue weighted by Crippen LogP contribution is -2.33. The number of nitrogens with zero attached hydrogens (tertiary/aromatic N) is 1. The van der Waals surface area contributed by atoms with Gasteiger partial charge in [0.05, 0.1) is 23.9 Å². The smallest absolute Gasteiger partial charge is 0.169 e. The molecule has 1 saturated carbocycles. The number of hydrogen-bond acceptors (Lipinski definition) is 6. The van der Waals surface area contributed by atoms with E-state index in [2.05, 4.69) is 16.4 Å².